The Labute approximate surface area is 49.8 Å². The zero-order chi connectivity index (χ0) is 6.41. The molecule has 0 unspecified atom stereocenters. The summed E-state index contributed by atoms with van der Waals surface area (Å²) in [5, 5.41) is 8.46. The smallest absolute Gasteiger partial charge is 0.117 e. The molecule has 0 radical (unpaired) electrons. The molecule has 0 aliphatic carbocycles. The largest absolute Gasteiger partial charge is 0.496 e. The van der Waals surface area contributed by atoms with Gasteiger partial charge in [-0.05, 0) is 19.9 Å². The monoisotopic (exact) mass is 116 g/mol. The Morgan fingerprint density at radius 1 is 1.75 bits per heavy atom. The summed E-state index contributed by atoms with van der Waals surface area (Å²) in [4.78, 5) is 0. The van der Waals surface area contributed by atoms with Gasteiger partial charge in [0.15, 0.2) is 0 Å². The zero-order valence-electron chi connectivity index (χ0n) is 5.35. The maximum atomic E-state index is 8.46. The predicted molar refractivity (Wildman–Crippen MR) is 32.5 cm³/mol. The van der Waals surface area contributed by atoms with Crippen LogP contribution in [0.2, 0.25) is 0 Å². The third kappa shape index (κ3) is 2.64. The van der Waals surface area contributed by atoms with Crippen molar-refractivity contribution in [3.63, 3.8) is 0 Å². The van der Waals surface area contributed by atoms with Crippen LogP contribution in [0.3, 0.4) is 0 Å². The molecule has 48 valence electrons. The van der Waals surface area contributed by atoms with Crippen molar-refractivity contribution in [1.29, 1.82) is 0 Å². The first-order chi connectivity index (χ1) is 3.85. The van der Waals surface area contributed by atoms with Gasteiger partial charge in [0.05, 0.1) is 6.61 Å². The van der Waals surface area contributed by atoms with Crippen LogP contribution in [0.15, 0.2) is 11.8 Å². The Morgan fingerprint density at radius 3 is 2.50 bits per heavy atom. The van der Waals surface area contributed by atoms with Crippen molar-refractivity contribution in [2.24, 2.45) is 0 Å². The average Bonchev–Trinajstić information content (AvgIpc) is 1.83. The van der Waals surface area contributed by atoms with Crippen LogP contribution in [0, 0.1) is 0 Å². The average molecular weight is 116 g/mol. The van der Waals surface area contributed by atoms with Gasteiger partial charge in [0.2, 0.25) is 0 Å². The molecule has 0 rings (SSSR count). The minimum atomic E-state index is 0.00431. The molecular formula is C6H12O2. The number of aliphatic hydroxyl groups is 1. The van der Waals surface area contributed by atoms with E-state index in [1.54, 1.807) is 6.08 Å². The third-order valence-electron chi connectivity index (χ3n) is 0.808. The summed E-state index contributed by atoms with van der Waals surface area (Å²) in [5.41, 5.74) is 0. The molecule has 0 amide bonds. The van der Waals surface area contributed by atoms with E-state index in [0.717, 1.165) is 0 Å². The molecule has 0 spiro atoms. The lowest BCUT2D eigenvalue weighted by molar-refractivity contribution is 0.171. The van der Waals surface area contributed by atoms with E-state index in [1.165, 1.54) is 0 Å². The molecule has 8 heavy (non-hydrogen) atoms. The first-order valence-electron chi connectivity index (χ1n) is 2.74. The second-order valence-corrected chi connectivity index (χ2v) is 1.35. The van der Waals surface area contributed by atoms with Gasteiger partial charge in [-0.3, -0.25) is 0 Å². The molecule has 0 bridgehead atoms. The van der Waals surface area contributed by atoms with E-state index in [9.17, 15) is 0 Å². The van der Waals surface area contributed by atoms with Gasteiger partial charge in [-0.25, -0.2) is 0 Å². The topological polar surface area (TPSA) is 29.5 Å². The summed E-state index contributed by atoms with van der Waals surface area (Å²) >= 11 is 0. The summed E-state index contributed by atoms with van der Waals surface area (Å²) < 4.78 is 4.95. The number of ether oxygens (including phenoxy) is 1. The van der Waals surface area contributed by atoms with Crippen molar-refractivity contribution in [1.82, 2.24) is 0 Å². The third-order valence-corrected chi connectivity index (χ3v) is 0.808. The van der Waals surface area contributed by atoms with Crippen molar-refractivity contribution in [2.45, 2.75) is 13.8 Å². The van der Waals surface area contributed by atoms with Gasteiger partial charge in [0.1, 0.15) is 12.4 Å². The van der Waals surface area contributed by atoms with Crippen LogP contribution in [-0.2, 0) is 4.74 Å². The molecule has 0 aromatic carbocycles. The SMILES string of the molecule is CC=C(CO)OCC. The van der Waals surface area contributed by atoms with E-state index in [0.29, 0.717) is 12.4 Å². The fourth-order valence-electron chi connectivity index (χ4n) is 0.406. The van der Waals surface area contributed by atoms with Crippen LogP contribution >= 0.6 is 0 Å². The van der Waals surface area contributed by atoms with Gasteiger partial charge < -0.3 is 9.84 Å². The van der Waals surface area contributed by atoms with Crippen molar-refractivity contribution in [3.8, 4) is 0 Å². The van der Waals surface area contributed by atoms with Crippen LogP contribution in [0.5, 0.6) is 0 Å². The van der Waals surface area contributed by atoms with Gasteiger partial charge in [-0.1, -0.05) is 0 Å². The number of hydrogen-bond acceptors (Lipinski definition) is 2. The van der Waals surface area contributed by atoms with E-state index in [1.807, 2.05) is 13.8 Å². The highest BCUT2D eigenvalue weighted by Gasteiger charge is 1.87. The van der Waals surface area contributed by atoms with Crippen molar-refractivity contribution in [3.05, 3.63) is 11.8 Å². The lowest BCUT2D eigenvalue weighted by Crippen LogP contribution is -1.95. The maximum absolute atomic E-state index is 8.46. The maximum Gasteiger partial charge on any atom is 0.117 e. The summed E-state index contributed by atoms with van der Waals surface area (Å²) in [6, 6.07) is 0. The normalized spacial score (nSPS) is 11.6. The Hall–Kier alpha value is -0.500. The van der Waals surface area contributed by atoms with Gasteiger partial charge in [-0.2, -0.15) is 0 Å². The van der Waals surface area contributed by atoms with Gasteiger partial charge in [-0.15, -0.1) is 0 Å². The minimum Gasteiger partial charge on any atom is -0.496 e. The lowest BCUT2D eigenvalue weighted by Gasteiger charge is -2.01. The Bertz CT molecular complexity index is 76.6. The predicted octanol–water partition coefficient (Wildman–Crippen LogP) is 0.919. The second kappa shape index (κ2) is 4.65. The fourth-order valence-corrected chi connectivity index (χ4v) is 0.406. The number of aliphatic hydroxyl groups excluding tert-OH is 1. The van der Waals surface area contributed by atoms with E-state index in [2.05, 4.69) is 0 Å². The molecule has 1 N–H and O–H groups in total. The van der Waals surface area contributed by atoms with Crippen LogP contribution in [0.25, 0.3) is 0 Å². The van der Waals surface area contributed by atoms with E-state index >= 15 is 0 Å². The van der Waals surface area contributed by atoms with Crippen LogP contribution in [0.4, 0.5) is 0 Å². The standard InChI is InChI=1S/C6H12O2/c1-3-6(5-7)8-4-2/h3,7H,4-5H2,1-2H3. The summed E-state index contributed by atoms with van der Waals surface area (Å²) in [5.74, 6) is 0.646. The lowest BCUT2D eigenvalue weighted by atomic mass is 10.5. The van der Waals surface area contributed by atoms with E-state index < -0.39 is 0 Å². The van der Waals surface area contributed by atoms with Crippen LogP contribution < -0.4 is 0 Å². The van der Waals surface area contributed by atoms with Crippen molar-refractivity contribution in [2.75, 3.05) is 13.2 Å². The fraction of sp³-hybridized carbons (Fsp3) is 0.667. The highest BCUT2D eigenvalue weighted by molar-refractivity contribution is 4.88. The van der Waals surface area contributed by atoms with Crippen molar-refractivity contribution < 1.29 is 9.84 Å². The highest BCUT2D eigenvalue weighted by Crippen LogP contribution is 1.92. The molecule has 0 heterocycles. The second-order valence-electron chi connectivity index (χ2n) is 1.35. The van der Waals surface area contributed by atoms with E-state index in [4.69, 9.17) is 9.84 Å². The van der Waals surface area contributed by atoms with E-state index in [-0.39, 0.29) is 6.61 Å². The first-order valence-corrected chi connectivity index (χ1v) is 2.74. The Morgan fingerprint density at radius 2 is 2.38 bits per heavy atom. The molecule has 2 nitrogen and oxygen atoms in total. The molecular weight excluding hydrogens is 104 g/mol. The zero-order valence-corrected chi connectivity index (χ0v) is 5.35. The number of rotatable bonds is 3. The summed E-state index contributed by atoms with van der Waals surface area (Å²) in [6.45, 7) is 4.35. The first kappa shape index (κ1) is 7.50. The molecule has 0 saturated carbocycles. The highest BCUT2D eigenvalue weighted by atomic mass is 16.5. The molecule has 0 aromatic heterocycles. The minimum absolute atomic E-state index is 0.00431. The summed E-state index contributed by atoms with van der Waals surface area (Å²) in [7, 11) is 0. The summed E-state index contributed by atoms with van der Waals surface area (Å²) in [6.07, 6.45) is 1.75. The van der Waals surface area contributed by atoms with Gasteiger partial charge in [0, 0.05) is 0 Å². The molecule has 2 heteroatoms. The quantitative estimate of drug-likeness (QED) is 0.555. The number of allylic oxidation sites excluding steroid dienone is 1. The molecule has 0 aliphatic rings. The van der Waals surface area contributed by atoms with Crippen LogP contribution in [0.1, 0.15) is 13.8 Å². The number of hydrogen-bond donors (Lipinski definition) is 1. The molecule has 0 saturated heterocycles. The Kier molecular flexibility index (Phi) is 4.36. The molecule has 0 atom stereocenters. The van der Waals surface area contributed by atoms with Crippen LogP contribution in [-0.4, -0.2) is 18.3 Å². The van der Waals surface area contributed by atoms with Gasteiger partial charge in [0.25, 0.3) is 0 Å². The Balaban J connectivity index is 3.38. The molecule has 0 aliphatic heterocycles. The molecule has 0 aromatic rings. The van der Waals surface area contributed by atoms with Gasteiger partial charge >= 0.3 is 0 Å². The van der Waals surface area contributed by atoms with Crippen molar-refractivity contribution >= 4 is 0 Å². The molecule has 0 fully saturated rings.